The fraction of sp³-hybridized carbons (Fsp3) is 0.364. The molecule has 0 aliphatic rings. The van der Waals surface area contributed by atoms with Gasteiger partial charge in [-0.25, -0.2) is 9.18 Å². The molecule has 0 saturated carbocycles. The van der Waals surface area contributed by atoms with E-state index in [1.807, 2.05) is 19.0 Å². The van der Waals surface area contributed by atoms with Gasteiger partial charge in [-0.2, -0.15) is 0 Å². The van der Waals surface area contributed by atoms with Gasteiger partial charge in [0.2, 0.25) is 0 Å². The van der Waals surface area contributed by atoms with Crippen molar-refractivity contribution in [3.8, 4) is 0 Å². The summed E-state index contributed by atoms with van der Waals surface area (Å²) in [5, 5.41) is 5.52. The molecule has 2 aromatic carbocycles. The quantitative estimate of drug-likeness (QED) is 0.700. The van der Waals surface area contributed by atoms with Crippen LogP contribution in [-0.2, 0) is 0 Å². The molecule has 0 atom stereocenters. The first-order chi connectivity index (χ1) is 13.7. The van der Waals surface area contributed by atoms with Crippen molar-refractivity contribution >= 4 is 23.3 Å². The third-order valence-corrected chi connectivity index (χ3v) is 4.15. The third kappa shape index (κ3) is 7.54. The highest BCUT2D eigenvalue weighted by Crippen LogP contribution is 2.15. The van der Waals surface area contributed by atoms with Gasteiger partial charge < -0.3 is 20.4 Å². The Hall–Kier alpha value is -2.93. The molecule has 0 heterocycles. The standard InChI is InChI=1S/C22H29FN4O2/c1-16(2)15-27(12-11-26(3)4)22(29)25-19-9-5-7-17(13-19)21(28)24-20-10-6-8-18(23)14-20/h5-10,13-14,16H,11-12,15H2,1-4H3,(H,24,28)(H,25,29). The summed E-state index contributed by atoms with van der Waals surface area (Å²) in [6.45, 7) is 6.13. The maximum Gasteiger partial charge on any atom is 0.321 e. The second kappa shape index (κ2) is 10.6. The molecule has 2 rings (SSSR count). The van der Waals surface area contributed by atoms with Crippen molar-refractivity contribution in [1.82, 2.24) is 9.80 Å². The van der Waals surface area contributed by atoms with Crippen molar-refractivity contribution in [2.24, 2.45) is 5.92 Å². The highest BCUT2D eigenvalue weighted by Gasteiger charge is 2.16. The summed E-state index contributed by atoms with van der Waals surface area (Å²) in [4.78, 5) is 29.0. The van der Waals surface area contributed by atoms with E-state index in [1.54, 1.807) is 35.2 Å². The summed E-state index contributed by atoms with van der Waals surface area (Å²) in [7, 11) is 3.93. The maximum atomic E-state index is 13.3. The average molecular weight is 400 g/mol. The van der Waals surface area contributed by atoms with E-state index < -0.39 is 5.82 Å². The van der Waals surface area contributed by atoms with E-state index in [-0.39, 0.29) is 11.9 Å². The topological polar surface area (TPSA) is 64.7 Å². The maximum absolute atomic E-state index is 13.3. The Morgan fingerprint density at radius 3 is 2.24 bits per heavy atom. The van der Waals surface area contributed by atoms with Crippen LogP contribution in [-0.4, -0.2) is 55.5 Å². The number of hydrogen-bond acceptors (Lipinski definition) is 3. The molecule has 0 aliphatic heterocycles. The number of amides is 3. The lowest BCUT2D eigenvalue weighted by Crippen LogP contribution is -2.41. The van der Waals surface area contributed by atoms with Gasteiger partial charge in [0.25, 0.3) is 5.91 Å². The zero-order valence-corrected chi connectivity index (χ0v) is 17.4. The summed E-state index contributed by atoms with van der Waals surface area (Å²) < 4.78 is 13.3. The highest BCUT2D eigenvalue weighted by atomic mass is 19.1. The number of anilines is 2. The van der Waals surface area contributed by atoms with Crippen LogP contribution in [0.2, 0.25) is 0 Å². The van der Waals surface area contributed by atoms with Gasteiger partial charge in [0.1, 0.15) is 5.82 Å². The molecule has 0 unspecified atom stereocenters. The van der Waals surface area contributed by atoms with Gasteiger partial charge in [-0.15, -0.1) is 0 Å². The van der Waals surface area contributed by atoms with Crippen molar-refractivity contribution in [3.63, 3.8) is 0 Å². The van der Waals surface area contributed by atoms with Gasteiger partial charge in [0, 0.05) is 36.6 Å². The summed E-state index contributed by atoms with van der Waals surface area (Å²) in [6.07, 6.45) is 0. The molecule has 0 radical (unpaired) electrons. The van der Waals surface area contributed by atoms with Crippen molar-refractivity contribution in [2.75, 3.05) is 44.4 Å². The number of carbonyl (C=O) groups excluding carboxylic acids is 2. The lowest BCUT2D eigenvalue weighted by molar-refractivity contribution is 0.102. The molecule has 3 amide bonds. The number of halogens is 1. The van der Waals surface area contributed by atoms with Gasteiger partial charge in [0.15, 0.2) is 0 Å². The molecule has 0 fully saturated rings. The van der Waals surface area contributed by atoms with E-state index in [2.05, 4.69) is 24.5 Å². The Bertz CT molecular complexity index is 839. The fourth-order valence-electron chi connectivity index (χ4n) is 2.75. The Kier molecular flexibility index (Phi) is 8.15. The van der Waals surface area contributed by atoms with Gasteiger partial charge >= 0.3 is 6.03 Å². The monoisotopic (exact) mass is 400 g/mol. The largest absolute Gasteiger partial charge is 0.323 e. The molecule has 0 aromatic heterocycles. The summed E-state index contributed by atoms with van der Waals surface area (Å²) in [6, 6.07) is 12.2. The number of hydrogen-bond donors (Lipinski definition) is 2. The molecule has 7 heteroatoms. The summed E-state index contributed by atoms with van der Waals surface area (Å²) in [5.41, 5.74) is 1.27. The minimum atomic E-state index is -0.424. The van der Waals surface area contributed by atoms with Crippen molar-refractivity contribution in [3.05, 3.63) is 59.9 Å². The molecule has 0 aliphatic carbocycles. The molecule has 2 N–H and O–H groups in total. The Balaban J connectivity index is 2.06. The van der Waals surface area contributed by atoms with E-state index in [0.717, 1.165) is 6.54 Å². The van der Waals surface area contributed by atoms with E-state index >= 15 is 0 Å². The van der Waals surface area contributed by atoms with Crippen molar-refractivity contribution < 1.29 is 14.0 Å². The predicted octanol–water partition coefficient (Wildman–Crippen LogP) is 4.13. The van der Waals surface area contributed by atoms with Crippen LogP contribution in [0.25, 0.3) is 0 Å². The molecule has 29 heavy (non-hydrogen) atoms. The van der Waals surface area contributed by atoms with Crippen LogP contribution in [0.1, 0.15) is 24.2 Å². The van der Waals surface area contributed by atoms with Crippen molar-refractivity contribution in [1.29, 1.82) is 0 Å². The number of urea groups is 1. The van der Waals surface area contributed by atoms with Gasteiger partial charge in [-0.3, -0.25) is 4.79 Å². The average Bonchev–Trinajstić information content (AvgIpc) is 2.65. The minimum Gasteiger partial charge on any atom is -0.323 e. The SMILES string of the molecule is CC(C)CN(CCN(C)C)C(=O)Nc1cccc(C(=O)Nc2cccc(F)c2)c1. The fourth-order valence-corrected chi connectivity index (χ4v) is 2.75. The van der Waals surface area contributed by atoms with Crippen LogP contribution in [0.5, 0.6) is 0 Å². The first-order valence-corrected chi connectivity index (χ1v) is 9.62. The second-order valence-corrected chi connectivity index (χ2v) is 7.62. The number of likely N-dealkylation sites (N-methyl/N-ethyl adjacent to an activating group) is 1. The van der Waals surface area contributed by atoms with Crippen LogP contribution in [0.15, 0.2) is 48.5 Å². The van der Waals surface area contributed by atoms with Crippen LogP contribution < -0.4 is 10.6 Å². The number of nitrogens with zero attached hydrogens (tertiary/aromatic N) is 2. The normalized spacial score (nSPS) is 10.9. The van der Waals surface area contributed by atoms with Crippen LogP contribution >= 0.6 is 0 Å². The van der Waals surface area contributed by atoms with E-state index in [0.29, 0.717) is 35.9 Å². The van der Waals surface area contributed by atoms with Gasteiger partial charge in [-0.1, -0.05) is 26.0 Å². The van der Waals surface area contributed by atoms with Crippen molar-refractivity contribution in [2.45, 2.75) is 13.8 Å². The highest BCUT2D eigenvalue weighted by molar-refractivity contribution is 6.05. The molecule has 0 spiro atoms. The lowest BCUT2D eigenvalue weighted by Gasteiger charge is -2.26. The molecule has 156 valence electrons. The minimum absolute atomic E-state index is 0.205. The van der Waals surface area contributed by atoms with Gasteiger partial charge in [0.05, 0.1) is 0 Å². The van der Waals surface area contributed by atoms with Crippen LogP contribution in [0.4, 0.5) is 20.6 Å². The smallest absolute Gasteiger partial charge is 0.321 e. The molecule has 6 nitrogen and oxygen atoms in total. The predicted molar refractivity (Wildman–Crippen MR) is 115 cm³/mol. The molecule has 2 aromatic rings. The Morgan fingerprint density at radius 2 is 1.62 bits per heavy atom. The zero-order chi connectivity index (χ0) is 21.4. The van der Waals surface area contributed by atoms with E-state index in [1.165, 1.54) is 18.2 Å². The van der Waals surface area contributed by atoms with Crippen LogP contribution in [0.3, 0.4) is 0 Å². The molecule has 0 saturated heterocycles. The Morgan fingerprint density at radius 1 is 0.966 bits per heavy atom. The number of carbonyl (C=O) groups is 2. The molecule has 0 bridgehead atoms. The third-order valence-electron chi connectivity index (χ3n) is 4.15. The number of benzene rings is 2. The summed E-state index contributed by atoms with van der Waals surface area (Å²) >= 11 is 0. The molecular weight excluding hydrogens is 371 g/mol. The molecular formula is C22H29FN4O2. The van der Waals surface area contributed by atoms with Crippen LogP contribution in [0, 0.1) is 11.7 Å². The first kappa shape index (κ1) is 22.4. The number of rotatable bonds is 8. The first-order valence-electron chi connectivity index (χ1n) is 9.62. The zero-order valence-electron chi connectivity index (χ0n) is 17.4. The lowest BCUT2D eigenvalue weighted by atomic mass is 10.1. The second-order valence-electron chi connectivity index (χ2n) is 7.62. The number of nitrogens with one attached hydrogen (secondary N) is 2. The Labute approximate surface area is 171 Å². The van der Waals surface area contributed by atoms with Gasteiger partial charge in [-0.05, 0) is 56.4 Å². The summed E-state index contributed by atoms with van der Waals surface area (Å²) in [5.74, 6) is -0.462. The van der Waals surface area contributed by atoms with E-state index in [9.17, 15) is 14.0 Å². The van der Waals surface area contributed by atoms with E-state index in [4.69, 9.17) is 0 Å².